The molecule has 30 heavy (non-hydrogen) atoms. The molecule has 0 radical (unpaired) electrons. The van der Waals surface area contributed by atoms with Gasteiger partial charge in [0.05, 0.1) is 5.71 Å². The van der Waals surface area contributed by atoms with Crippen molar-refractivity contribution in [2.24, 2.45) is 4.99 Å². The highest BCUT2D eigenvalue weighted by atomic mass is 32.1. The van der Waals surface area contributed by atoms with Crippen molar-refractivity contribution in [1.82, 2.24) is 4.90 Å². The van der Waals surface area contributed by atoms with E-state index in [1.165, 1.54) is 98.9 Å². The Bertz CT molecular complexity index is 700. The summed E-state index contributed by atoms with van der Waals surface area (Å²) in [7, 11) is 2.33. The summed E-state index contributed by atoms with van der Waals surface area (Å²) in [5.74, 6) is 0.786. The summed E-state index contributed by atoms with van der Waals surface area (Å²) in [5.41, 5.74) is 3.90. The summed E-state index contributed by atoms with van der Waals surface area (Å²) in [4.78, 5) is 10.9. The van der Waals surface area contributed by atoms with Crippen molar-refractivity contribution in [2.45, 2.75) is 116 Å². The van der Waals surface area contributed by atoms with Crippen LogP contribution in [0.2, 0.25) is 0 Å². The van der Waals surface area contributed by atoms with E-state index >= 15 is 0 Å². The smallest absolute Gasteiger partial charge is 0.0630 e. The molecule has 2 nitrogen and oxygen atoms in total. The van der Waals surface area contributed by atoms with Crippen molar-refractivity contribution >= 4 is 17.0 Å². The first kappa shape index (κ1) is 23.7. The Morgan fingerprint density at radius 2 is 1.70 bits per heavy atom. The van der Waals surface area contributed by atoms with Crippen molar-refractivity contribution in [3.8, 4) is 0 Å². The van der Waals surface area contributed by atoms with E-state index in [1.54, 1.807) is 4.88 Å². The Morgan fingerprint density at radius 1 is 1.07 bits per heavy atom. The monoisotopic (exact) mass is 428 g/mol. The van der Waals surface area contributed by atoms with Crippen LogP contribution >= 0.6 is 11.3 Å². The number of allylic oxidation sites excluding steroid dienone is 2. The molecule has 1 heterocycles. The topological polar surface area (TPSA) is 15.6 Å². The summed E-state index contributed by atoms with van der Waals surface area (Å²) < 4.78 is 0. The minimum Gasteiger partial charge on any atom is -0.298 e. The second-order valence-electron chi connectivity index (χ2n) is 9.71. The molecule has 0 amide bonds. The predicted octanol–water partition coefficient (Wildman–Crippen LogP) is 8.25. The number of likely N-dealkylation sites (N-methyl/N-ethyl adjacent to an activating group) is 1. The van der Waals surface area contributed by atoms with E-state index in [9.17, 15) is 0 Å². The van der Waals surface area contributed by atoms with Gasteiger partial charge in [-0.3, -0.25) is 9.89 Å². The Balaban J connectivity index is 1.83. The zero-order valence-electron chi connectivity index (χ0n) is 20.0. The lowest BCUT2D eigenvalue weighted by molar-refractivity contribution is 0.249. The van der Waals surface area contributed by atoms with Gasteiger partial charge in [-0.1, -0.05) is 64.4 Å². The van der Waals surface area contributed by atoms with Crippen molar-refractivity contribution in [3.63, 3.8) is 0 Å². The van der Waals surface area contributed by atoms with Crippen LogP contribution in [0.3, 0.4) is 0 Å². The van der Waals surface area contributed by atoms with E-state index in [1.807, 2.05) is 11.3 Å². The molecule has 0 spiro atoms. The molecule has 168 valence electrons. The molecule has 0 saturated heterocycles. The fraction of sp³-hybridized carbons (Fsp3) is 0.741. The van der Waals surface area contributed by atoms with E-state index in [-0.39, 0.29) is 0 Å². The third kappa shape index (κ3) is 6.79. The van der Waals surface area contributed by atoms with Crippen molar-refractivity contribution in [3.05, 3.63) is 33.2 Å². The number of hydrogen-bond acceptors (Lipinski definition) is 3. The molecule has 3 heteroatoms. The van der Waals surface area contributed by atoms with Crippen LogP contribution in [0, 0.1) is 6.92 Å². The van der Waals surface area contributed by atoms with Crippen LogP contribution in [-0.2, 0) is 0 Å². The Hall–Kier alpha value is -0.930. The quantitative estimate of drug-likeness (QED) is 0.300. The third-order valence-corrected chi connectivity index (χ3v) is 8.36. The number of aliphatic imine (C=N–C) groups is 1. The van der Waals surface area contributed by atoms with Gasteiger partial charge in [-0.05, 0) is 65.0 Å². The molecule has 2 saturated carbocycles. The highest BCUT2D eigenvalue weighted by molar-refractivity contribution is 7.12. The Morgan fingerprint density at radius 3 is 2.37 bits per heavy atom. The maximum absolute atomic E-state index is 5.20. The Labute approximate surface area is 189 Å². The molecule has 3 rings (SSSR count). The summed E-state index contributed by atoms with van der Waals surface area (Å²) in [5, 5.41) is 0. The first-order valence-electron chi connectivity index (χ1n) is 12.6. The number of thiophene rings is 1. The number of hydrogen-bond donors (Lipinski definition) is 0. The number of rotatable bonds is 8. The molecule has 0 aliphatic heterocycles. The second-order valence-corrected chi connectivity index (χ2v) is 11.0. The van der Waals surface area contributed by atoms with Gasteiger partial charge in [0, 0.05) is 33.6 Å². The van der Waals surface area contributed by atoms with Gasteiger partial charge in [0.15, 0.2) is 0 Å². The van der Waals surface area contributed by atoms with Gasteiger partial charge >= 0.3 is 0 Å². The average molecular weight is 429 g/mol. The zero-order valence-corrected chi connectivity index (χ0v) is 20.8. The lowest BCUT2D eigenvalue weighted by atomic mass is 9.88. The van der Waals surface area contributed by atoms with E-state index in [4.69, 9.17) is 4.99 Å². The van der Waals surface area contributed by atoms with Crippen molar-refractivity contribution < 1.29 is 0 Å². The lowest BCUT2D eigenvalue weighted by Gasteiger charge is -2.27. The summed E-state index contributed by atoms with van der Waals surface area (Å²) in [6.07, 6.45) is 19.9. The number of unbranched alkanes of at least 4 members (excludes halogenated alkanes) is 1. The van der Waals surface area contributed by atoms with E-state index < -0.39 is 0 Å². The highest BCUT2D eigenvalue weighted by Crippen LogP contribution is 2.38. The highest BCUT2D eigenvalue weighted by Gasteiger charge is 2.23. The molecule has 2 fully saturated rings. The normalized spacial score (nSPS) is 20.7. The average Bonchev–Trinajstić information content (AvgIpc) is 2.95. The minimum atomic E-state index is 0.717. The van der Waals surface area contributed by atoms with Crippen LogP contribution in [0.15, 0.2) is 22.8 Å². The Kier molecular flexibility index (Phi) is 9.64. The molecular weight excluding hydrogens is 384 g/mol. The van der Waals surface area contributed by atoms with Gasteiger partial charge in [-0.2, -0.15) is 0 Å². The van der Waals surface area contributed by atoms with Gasteiger partial charge in [0.25, 0.3) is 0 Å². The van der Waals surface area contributed by atoms with Gasteiger partial charge in [0.2, 0.25) is 0 Å². The maximum atomic E-state index is 5.20. The van der Waals surface area contributed by atoms with Crippen LogP contribution in [0.1, 0.15) is 119 Å². The first-order valence-corrected chi connectivity index (χ1v) is 13.5. The molecule has 1 aromatic heterocycles. The molecule has 0 N–H and O–H groups in total. The van der Waals surface area contributed by atoms with Crippen molar-refractivity contribution in [1.29, 1.82) is 0 Å². The number of aryl methyl sites for hydroxylation is 1. The third-order valence-electron chi connectivity index (χ3n) is 7.14. The van der Waals surface area contributed by atoms with Crippen molar-refractivity contribution in [2.75, 3.05) is 13.6 Å². The summed E-state index contributed by atoms with van der Waals surface area (Å²) >= 11 is 2.04. The molecule has 2 aliphatic rings. The minimum absolute atomic E-state index is 0.717. The van der Waals surface area contributed by atoms with Gasteiger partial charge in [-0.15, -0.1) is 11.3 Å². The molecule has 1 aromatic rings. The van der Waals surface area contributed by atoms with Gasteiger partial charge < -0.3 is 0 Å². The molecule has 0 unspecified atom stereocenters. The second kappa shape index (κ2) is 12.2. The fourth-order valence-electron chi connectivity index (χ4n) is 5.24. The molecule has 0 bridgehead atoms. The van der Waals surface area contributed by atoms with Crippen LogP contribution in [0.25, 0.3) is 0 Å². The van der Waals surface area contributed by atoms with Gasteiger partial charge in [-0.25, -0.2) is 0 Å². The van der Waals surface area contributed by atoms with E-state index in [0.29, 0.717) is 0 Å². The molecule has 2 aliphatic carbocycles. The van der Waals surface area contributed by atoms with Crippen LogP contribution in [0.5, 0.6) is 0 Å². The largest absolute Gasteiger partial charge is 0.298 e. The predicted molar refractivity (Wildman–Crippen MR) is 134 cm³/mol. The lowest BCUT2D eigenvalue weighted by Crippen LogP contribution is -2.36. The molecular formula is C27H44N2S. The van der Waals surface area contributed by atoms with Crippen LogP contribution < -0.4 is 0 Å². The zero-order chi connectivity index (χ0) is 21.3. The van der Waals surface area contributed by atoms with Gasteiger partial charge in [0.1, 0.15) is 0 Å². The summed E-state index contributed by atoms with van der Waals surface area (Å²) in [6.45, 7) is 7.72. The molecule has 0 aromatic carbocycles. The van der Waals surface area contributed by atoms with Crippen LogP contribution in [0.4, 0.5) is 0 Å². The number of nitrogens with zero attached hydrogens (tertiary/aromatic N) is 2. The van der Waals surface area contributed by atoms with E-state index in [0.717, 1.165) is 24.9 Å². The maximum Gasteiger partial charge on any atom is 0.0630 e. The fourth-order valence-corrected chi connectivity index (χ4v) is 6.46. The van der Waals surface area contributed by atoms with Crippen LogP contribution in [-0.4, -0.2) is 30.2 Å². The van der Waals surface area contributed by atoms with E-state index in [2.05, 4.69) is 44.9 Å². The SMILES string of the molecule is CCC/C=C(C)/N=C(/CN(C)C1CCCCCC1)c1cc(C2CCCCC2)sc1C. The summed E-state index contributed by atoms with van der Waals surface area (Å²) in [6, 6.07) is 3.23. The standard InChI is InChI=1S/C27H44N2S/c1-5-6-14-21(2)28-26(20-29(4)24-17-12-7-8-13-18-24)25-19-27(30-22(25)3)23-15-10-9-11-16-23/h14,19,23-24H,5-13,15-18,20H2,1-4H3/b21-14+,28-26-. The first-order chi connectivity index (χ1) is 14.6. The molecule has 0 atom stereocenters.